The fourth-order valence-corrected chi connectivity index (χ4v) is 2.33. The Morgan fingerprint density at radius 2 is 2.18 bits per heavy atom. The number of amides is 2. The van der Waals surface area contributed by atoms with E-state index in [1.165, 1.54) is 17.9 Å². The molecule has 1 aromatic carbocycles. The third kappa shape index (κ3) is 4.03. The van der Waals surface area contributed by atoms with E-state index in [0.717, 1.165) is 15.6 Å². The fourth-order valence-electron chi connectivity index (χ4n) is 1.94. The van der Waals surface area contributed by atoms with Crippen LogP contribution in [-0.2, 0) is 13.6 Å². The molecule has 5 nitrogen and oxygen atoms in total. The number of alkyl halides is 2. The smallest absolute Gasteiger partial charge is 0.319 e. The quantitative estimate of drug-likeness (QED) is 0.858. The van der Waals surface area contributed by atoms with Gasteiger partial charge < -0.3 is 10.6 Å². The summed E-state index contributed by atoms with van der Waals surface area (Å²) < 4.78 is 27.7. The Labute approximate surface area is 134 Å². The lowest BCUT2D eigenvalue weighted by molar-refractivity contribution is 0.146. The predicted octanol–water partition coefficient (Wildman–Crippen LogP) is 3.75. The molecule has 8 heteroatoms. The highest BCUT2D eigenvalue weighted by Gasteiger charge is 2.19. The van der Waals surface area contributed by atoms with E-state index in [-0.39, 0.29) is 12.2 Å². The normalized spacial score (nSPS) is 10.8. The Hall–Kier alpha value is -1.96. The van der Waals surface area contributed by atoms with Crippen molar-refractivity contribution in [3.8, 4) is 0 Å². The average Bonchev–Trinajstić information content (AvgIpc) is 2.81. The predicted molar refractivity (Wildman–Crippen MR) is 82.9 cm³/mol. The van der Waals surface area contributed by atoms with Crippen LogP contribution in [0.4, 0.5) is 19.3 Å². The zero-order chi connectivity index (χ0) is 16.3. The summed E-state index contributed by atoms with van der Waals surface area (Å²) >= 11 is 3.40. The van der Waals surface area contributed by atoms with E-state index >= 15 is 0 Å². The number of carbonyl (C=O) groups is 1. The van der Waals surface area contributed by atoms with Crippen molar-refractivity contribution in [1.29, 1.82) is 0 Å². The van der Waals surface area contributed by atoms with Crippen molar-refractivity contribution in [2.24, 2.45) is 7.05 Å². The third-order valence-corrected chi connectivity index (χ3v) is 3.73. The van der Waals surface area contributed by atoms with Crippen molar-refractivity contribution < 1.29 is 13.6 Å². The van der Waals surface area contributed by atoms with Crippen LogP contribution in [0.2, 0.25) is 0 Å². The van der Waals surface area contributed by atoms with Gasteiger partial charge in [0.2, 0.25) is 0 Å². The molecule has 0 saturated carbocycles. The summed E-state index contributed by atoms with van der Waals surface area (Å²) in [6, 6.07) is 5.20. The molecule has 1 heterocycles. The monoisotopic (exact) mass is 372 g/mol. The molecule has 2 amide bonds. The van der Waals surface area contributed by atoms with Gasteiger partial charge in [0.25, 0.3) is 6.43 Å². The summed E-state index contributed by atoms with van der Waals surface area (Å²) in [4.78, 5) is 11.8. The number of anilines is 1. The average molecular weight is 373 g/mol. The van der Waals surface area contributed by atoms with Gasteiger partial charge in [0.05, 0.1) is 5.69 Å². The topological polar surface area (TPSA) is 59.0 Å². The van der Waals surface area contributed by atoms with Crippen molar-refractivity contribution in [2.75, 3.05) is 5.32 Å². The minimum absolute atomic E-state index is 0.00157. The lowest BCUT2D eigenvalue weighted by Crippen LogP contribution is -2.28. The first-order valence-corrected chi connectivity index (χ1v) is 7.27. The molecule has 2 aromatic rings. The minimum Gasteiger partial charge on any atom is -0.334 e. The SMILES string of the molecule is Cc1ccc(Br)c(CNC(=O)Nc2cn(C)nc2C(F)F)c1. The number of hydrogen-bond acceptors (Lipinski definition) is 2. The molecule has 0 atom stereocenters. The highest BCUT2D eigenvalue weighted by atomic mass is 79.9. The molecule has 0 spiro atoms. The van der Waals surface area contributed by atoms with E-state index in [4.69, 9.17) is 0 Å². The number of rotatable bonds is 4. The summed E-state index contributed by atoms with van der Waals surface area (Å²) in [6.07, 6.45) is -1.41. The van der Waals surface area contributed by atoms with Crippen molar-refractivity contribution in [1.82, 2.24) is 15.1 Å². The first-order chi connectivity index (χ1) is 10.4. The van der Waals surface area contributed by atoms with Crippen LogP contribution in [0.5, 0.6) is 0 Å². The second-order valence-electron chi connectivity index (χ2n) is 4.80. The maximum absolute atomic E-state index is 12.8. The van der Waals surface area contributed by atoms with Crippen LogP contribution in [-0.4, -0.2) is 15.8 Å². The molecule has 0 saturated heterocycles. The van der Waals surface area contributed by atoms with Gasteiger partial charge in [-0.15, -0.1) is 0 Å². The second-order valence-corrected chi connectivity index (χ2v) is 5.66. The van der Waals surface area contributed by atoms with E-state index in [9.17, 15) is 13.6 Å². The fraction of sp³-hybridized carbons (Fsp3) is 0.286. The zero-order valence-corrected chi connectivity index (χ0v) is 13.6. The maximum Gasteiger partial charge on any atom is 0.319 e. The summed E-state index contributed by atoms with van der Waals surface area (Å²) in [5, 5.41) is 8.64. The highest BCUT2D eigenvalue weighted by Crippen LogP contribution is 2.25. The van der Waals surface area contributed by atoms with Crippen LogP contribution in [0.3, 0.4) is 0 Å². The van der Waals surface area contributed by atoms with Crippen molar-refractivity contribution >= 4 is 27.6 Å². The largest absolute Gasteiger partial charge is 0.334 e. The van der Waals surface area contributed by atoms with Crippen molar-refractivity contribution in [3.63, 3.8) is 0 Å². The zero-order valence-electron chi connectivity index (χ0n) is 12.0. The first kappa shape index (κ1) is 16.4. The van der Waals surface area contributed by atoms with Gasteiger partial charge in [0.1, 0.15) is 0 Å². The molecule has 0 aliphatic heterocycles. The van der Waals surface area contributed by atoms with Crippen LogP contribution < -0.4 is 10.6 Å². The molecule has 2 rings (SSSR count). The minimum atomic E-state index is -2.75. The Kier molecular flexibility index (Phi) is 5.12. The second kappa shape index (κ2) is 6.87. The Balaban J connectivity index is 2.00. The molecule has 118 valence electrons. The van der Waals surface area contributed by atoms with E-state index in [1.807, 2.05) is 25.1 Å². The molecular weight excluding hydrogens is 358 g/mol. The molecule has 22 heavy (non-hydrogen) atoms. The number of halogens is 3. The van der Waals surface area contributed by atoms with Crippen LogP contribution in [0.25, 0.3) is 0 Å². The molecule has 0 fully saturated rings. The maximum atomic E-state index is 12.8. The molecule has 0 aliphatic rings. The van der Waals surface area contributed by atoms with E-state index in [1.54, 1.807) is 0 Å². The molecule has 1 aromatic heterocycles. The number of aromatic nitrogens is 2. The molecular formula is C14H15BrF2N4O. The summed E-state index contributed by atoms with van der Waals surface area (Å²) in [5.41, 5.74) is 1.51. The van der Waals surface area contributed by atoms with Gasteiger partial charge in [-0.2, -0.15) is 5.10 Å². The molecule has 0 radical (unpaired) electrons. The van der Waals surface area contributed by atoms with Crippen LogP contribution in [0, 0.1) is 6.92 Å². The number of carbonyl (C=O) groups excluding carboxylic acids is 1. The third-order valence-electron chi connectivity index (χ3n) is 2.95. The van der Waals surface area contributed by atoms with Gasteiger partial charge in [0, 0.05) is 24.3 Å². The molecule has 0 aliphatic carbocycles. The van der Waals surface area contributed by atoms with Gasteiger partial charge in [0.15, 0.2) is 5.69 Å². The van der Waals surface area contributed by atoms with Crippen molar-refractivity contribution in [2.45, 2.75) is 19.9 Å². The van der Waals surface area contributed by atoms with Crippen LogP contribution in [0.1, 0.15) is 23.2 Å². The Bertz CT molecular complexity index is 687. The number of aryl methyl sites for hydroxylation is 2. The Morgan fingerprint density at radius 1 is 1.45 bits per heavy atom. The standard InChI is InChI=1S/C14H15BrF2N4O/c1-8-3-4-10(15)9(5-8)6-18-14(22)19-11-7-21(2)20-12(11)13(16)17/h3-5,7,13H,6H2,1-2H3,(H2,18,19,22). The van der Waals surface area contributed by atoms with Gasteiger partial charge in [-0.1, -0.05) is 33.6 Å². The number of urea groups is 1. The Morgan fingerprint density at radius 3 is 2.86 bits per heavy atom. The number of nitrogens with zero attached hydrogens (tertiary/aromatic N) is 2. The van der Waals surface area contributed by atoms with E-state index in [2.05, 4.69) is 31.7 Å². The van der Waals surface area contributed by atoms with Gasteiger partial charge in [-0.3, -0.25) is 4.68 Å². The summed E-state index contributed by atoms with van der Waals surface area (Å²) in [6.45, 7) is 2.22. The number of benzene rings is 1. The summed E-state index contributed by atoms with van der Waals surface area (Å²) in [7, 11) is 1.51. The lowest BCUT2D eigenvalue weighted by atomic mass is 10.1. The number of nitrogens with one attached hydrogen (secondary N) is 2. The van der Waals surface area contributed by atoms with Crippen LogP contribution in [0.15, 0.2) is 28.9 Å². The van der Waals surface area contributed by atoms with Gasteiger partial charge in [-0.05, 0) is 18.6 Å². The molecule has 0 bridgehead atoms. The van der Waals surface area contributed by atoms with E-state index < -0.39 is 18.2 Å². The van der Waals surface area contributed by atoms with Crippen LogP contribution >= 0.6 is 15.9 Å². The van der Waals surface area contributed by atoms with Crippen molar-refractivity contribution in [3.05, 3.63) is 45.7 Å². The van der Waals surface area contributed by atoms with Gasteiger partial charge >= 0.3 is 6.03 Å². The highest BCUT2D eigenvalue weighted by molar-refractivity contribution is 9.10. The lowest BCUT2D eigenvalue weighted by Gasteiger charge is -2.09. The van der Waals surface area contributed by atoms with Gasteiger partial charge in [-0.25, -0.2) is 13.6 Å². The van der Waals surface area contributed by atoms with E-state index in [0.29, 0.717) is 0 Å². The number of hydrogen-bond donors (Lipinski definition) is 2. The first-order valence-electron chi connectivity index (χ1n) is 6.48. The molecule has 0 unspecified atom stereocenters. The summed E-state index contributed by atoms with van der Waals surface area (Å²) in [5.74, 6) is 0. The molecule has 2 N–H and O–H groups in total.